The molecule has 0 amide bonds. The van der Waals surface area contributed by atoms with Crippen LogP contribution in [0.2, 0.25) is 0 Å². The number of hydrogen-bond donors (Lipinski definition) is 0. The Hall–Kier alpha value is -6.38. The average Bonchev–Trinajstić information content (AvgIpc) is 3.70. The predicted molar refractivity (Wildman–Crippen MR) is 203 cm³/mol. The molecule has 0 saturated carbocycles. The van der Waals surface area contributed by atoms with E-state index in [2.05, 4.69) is 193 Å². The summed E-state index contributed by atoms with van der Waals surface area (Å²) in [5.41, 5.74) is 12.1. The van der Waals surface area contributed by atoms with Crippen molar-refractivity contribution in [3.8, 4) is 11.1 Å². The van der Waals surface area contributed by atoms with E-state index in [0.717, 1.165) is 44.6 Å². The molecule has 1 heterocycles. The Labute approximate surface area is 285 Å². The Morgan fingerprint density at radius 3 is 1.78 bits per heavy atom. The third-order valence-corrected chi connectivity index (χ3v) is 10.3. The van der Waals surface area contributed by atoms with Gasteiger partial charge in [-0.2, -0.15) is 0 Å². The molecule has 1 aliphatic carbocycles. The molecule has 0 saturated heterocycles. The van der Waals surface area contributed by atoms with Gasteiger partial charge in [0.1, 0.15) is 11.2 Å². The van der Waals surface area contributed by atoms with E-state index in [1.807, 2.05) is 0 Å². The van der Waals surface area contributed by atoms with E-state index in [1.54, 1.807) is 0 Å². The third-order valence-electron chi connectivity index (χ3n) is 10.3. The Morgan fingerprint density at radius 2 is 1.00 bits per heavy atom. The number of benzene rings is 8. The minimum atomic E-state index is -0.538. The molecule has 8 aromatic carbocycles. The predicted octanol–water partition coefficient (Wildman–Crippen LogP) is 12.6. The molecular weight excluding hydrogens is 595 g/mol. The van der Waals surface area contributed by atoms with Gasteiger partial charge in [-0.3, -0.25) is 0 Å². The van der Waals surface area contributed by atoms with Gasteiger partial charge in [0, 0.05) is 33.1 Å². The van der Waals surface area contributed by atoms with Crippen LogP contribution in [0.4, 0.5) is 17.1 Å². The molecular formula is C47H31NO. The molecule has 0 unspecified atom stereocenters. The van der Waals surface area contributed by atoms with Gasteiger partial charge in [-0.05, 0) is 69.6 Å². The summed E-state index contributed by atoms with van der Waals surface area (Å²) in [6.07, 6.45) is 0. The van der Waals surface area contributed by atoms with Crippen molar-refractivity contribution in [3.05, 3.63) is 210 Å². The number of fused-ring (bicyclic) bond motifs is 7. The molecule has 2 heteroatoms. The number of nitrogens with zero attached hydrogens (tertiary/aromatic N) is 1. The van der Waals surface area contributed by atoms with Crippen molar-refractivity contribution in [2.45, 2.75) is 5.41 Å². The second-order valence-corrected chi connectivity index (χ2v) is 12.8. The summed E-state index contributed by atoms with van der Waals surface area (Å²) in [7, 11) is 0. The van der Waals surface area contributed by atoms with Crippen molar-refractivity contribution in [1.82, 2.24) is 0 Å². The Morgan fingerprint density at radius 1 is 0.408 bits per heavy atom. The maximum atomic E-state index is 6.97. The van der Waals surface area contributed by atoms with E-state index in [9.17, 15) is 0 Å². The van der Waals surface area contributed by atoms with Gasteiger partial charge in [0.15, 0.2) is 0 Å². The normalized spacial score (nSPS) is 13.1. The molecule has 0 spiro atoms. The minimum absolute atomic E-state index is 0.538. The second-order valence-electron chi connectivity index (χ2n) is 12.8. The lowest BCUT2D eigenvalue weighted by Crippen LogP contribution is -2.28. The van der Waals surface area contributed by atoms with Gasteiger partial charge in [0.2, 0.25) is 0 Å². The molecule has 0 atom stereocenters. The van der Waals surface area contributed by atoms with Crippen molar-refractivity contribution in [2.75, 3.05) is 4.90 Å². The van der Waals surface area contributed by atoms with E-state index >= 15 is 0 Å². The Balaban J connectivity index is 1.25. The van der Waals surface area contributed by atoms with Crippen LogP contribution >= 0.6 is 0 Å². The number of rotatable bonds is 5. The fourth-order valence-electron chi connectivity index (χ4n) is 8.31. The highest BCUT2D eigenvalue weighted by Gasteiger charge is 2.47. The van der Waals surface area contributed by atoms with Crippen LogP contribution in [0, 0.1) is 0 Å². The summed E-state index contributed by atoms with van der Waals surface area (Å²) >= 11 is 0. The highest BCUT2D eigenvalue weighted by atomic mass is 16.3. The molecule has 1 aromatic heterocycles. The summed E-state index contributed by atoms with van der Waals surface area (Å²) in [4.78, 5) is 2.36. The minimum Gasteiger partial charge on any atom is -0.456 e. The number of anilines is 3. The summed E-state index contributed by atoms with van der Waals surface area (Å²) in [6.45, 7) is 0. The molecule has 49 heavy (non-hydrogen) atoms. The Kier molecular flexibility index (Phi) is 6.13. The van der Waals surface area contributed by atoms with Crippen LogP contribution in [-0.2, 0) is 5.41 Å². The molecule has 0 bridgehead atoms. The van der Waals surface area contributed by atoms with Crippen molar-refractivity contribution in [2.24, 2.45) is 0 Å². The van der Waals surface area contributed by atoms with Crippen molar-refractivity contribution in [1.29, 1.82) is 0 Å². The molecule has 9 aromatic rings. The topological polar surface area (TPSA) is 16.4 Å². The fraction of sp³-hybridized carbons (Fsp3) is 0.0213. The van der Waals surface area contributed by atoms with Gasteiger partial charge in [0.05, 0.1) is 11.1 Å². The molecule has 2 nitrogen and oxygen atoms in total. The molecule has 0 radical (unpaired) electrons. The van der Waals surface area contributed by atoms with Crippen LogP contribution in [0.1, 0.15) is 22.3 Å². The Bertz CT molecular complexity index is 2620. The summed E-state index contributed by atoms with van der Waals surface area (Å²) < 4.78 is 6.97. The van der Waals surface area contributed by atoms with Crippen molar-refractivity contribution in [3.63, 3.8) is 0 Å². The van der Waals surface area contributed by atoms with E-state index in [-0.39, 0.29) is 0 Å². The van der Waals surface area contributed by atoms with E-state index < -0.39 is 5.41 Å². The monoisotopic (exact) mass is 625 g/mol. The molecule has 1 aliphatic rings. The molecule has 0 aliphatic heterocycles. The number of hydrogen-bond acceptors (Lipinski definition) is 2. The van der Waals surface area contributed by atoms with Gasteiger partial charge < -0.3 is 9.32 Å². The lowest BCUT2D eigenvalue weighted by molar-refractivity contribution is 0.648. The summed E-state index contributed by atoms with van der Waals surface area (Å²) in [6, 6.07) is 67.7. The zero-order chi connectivity index (χ0) is 32.4. The van der Waals surface area contributed by atoms with Gasteiger partial charge in [-0.1, -0.05) is 152 Å². The molecule has 10 rings (SSSR count). The largest absolute Gasteiger partial charge is 0.456 e. The molecule has 0 fully saturated rings. The van der Waals surface area contributed by atoms with Crippen molar-refractivity contribution >= 4 is 49.8 Å². The second kappa shape index (κ2) is 10.8. The van der Waals surface area contributed by atoms with E-state index in [4.69, 9.17) is 4.42 Å². The number of para-hydroxylation sites is 2. The van der Waals surface area contributed by atoms with Crippen molar-refractivity contribution < 1.29 is 4.42 Å². The lowest BCUT2D eigenvalue weighted by atomic mass is 9.67. The number of furan rings is 1. The standard InChI is InChI=1S/C47H31NO/c1-3-17-33(18-4-1)47(41-25-11-9-22-37(41)38-23-10-12-26-42(38)47)43-27-14-24-39-40-31-35(29-30-45(40)49-46(39)43)48(34-19-5-2-6-20-34)44-28-13-16-32-15-7-8-21-36(32)44/h1-31H. The summed E-state index contributed by atoms with van der Waals surface area (Å²) in [5, 5.41) is 4.62. The van der Waals surface area contributed by atoms with Crippen LogP contribution in [0.15, 0.2) is 192 Å². The maximum absolute atomic E-state index is 6.97. The van der Waals surface area contributed by atoms with Gasteiger partial charge in [-0.25, -0.2) is 0 Å². The van der Waals surface area contributed by atoms with Gasteiger partial charge in [-0.15, -0.1) is 0 Å². The first-order chi connectivity index (χ1) is 24.3. The quantitative estimate of drug-likeness (QED) is 0.189. The summed E-state index contributed by atoms with van der Waals surface area (Å²) in [5.74, 6) is 0. The van der Waals surface area contributed by atoms with Gasteiger partial charge >= 0.3 is 0 Å². The van der Waals surface area contributed by atoms with Crippen LogP contribution in [0.25, 0.3) is 43.8 Å². The first-order valence-corrected chi connectivity index (χ1v) is 16.9. The average molecular weight is 626 g/mol. The van der Waals surface area contributed by atoms with E-state index in [0.29, 0.717) is 0 Å². The highest BCUT2D eigenvalue weighted by Crippen LogP contribution is 2.57. The maximum Gasteiger partial charge on any atom is 0.140 e. The highest BCUT2D eigenvalue weighted by molar-refractivity contribution is 6.09. The van der Waals surface area contributed by atoms with Crippen LogP contribution in [0.5, 0.6) is 0 Å². The molecule has 0 N–H and O–H groups in total. The van der Waals surface area contributed by atoms with E-state index in [1.165, 1.54) is 38.6 Å². The first-order valence-electron chi connectivity index (χ1n) is 16.9. The van der Waals surface area contributed by atoms with Crippen LogP contribution in [0.3, 0.4) is 0 Å². The zero-order valence-electron chi connectivity index (χ0n) is 26.8. The van der Waals surface area contributed by atoms with Crippen LogP contribution in [-0.4, -0.2) is 0 Å². The third kappa shape index (κ3) is 4.01. The zero-order valence-corrected chi connectivity index (χ0v) is 26.8. The SMILES string of the molecule is c1ccc(N(c2ccc3oc4c(C5(c6ccccc6)c6ccccc6-c6ccccc65)cccc4c3c2)c2cccc3ccccc23)cc1. The van der Waals surface area contributed by atoms with Crippen LogP contribution < -0.4 is 4.90 Å². The fourth-order valence-corrected chi connectivity index (χ4v) is 8.31. The van der Waals surface area contributed by atoms with Gasteiger partial charge in [0.25, 0.3) is 0 Å². The lowest BCUT2D eigenvalue weighted by Gasteiger charge is -2.33. The first kappa shape index (κ1) is 27.7. The molecule has 230 valence electrons. The smallest absolute Gasteiger partial charge is 0.140 e.